The van der Waals surface area contributed by atoms with Gasteiger partial charge < -0.3 is 5.73 Å². The third-order valence-corrected chi connectivity index (χ3v) is 5.24. The van der Waals surface area contributed by atoms with Crippen LogP contribution in [-0.4, -0.2) is 33.6 Å². The number of nitrogens with zero attached hydrogens (tertiary/aromatic N) is 5. The predicted octanol–water partition coefficient (Wildman–Crippen LogP) is 3.30. The van der Waals surface area contributed by atoms with Gasteiger partial charge in [0.1, 0.15) is 11.2 Å². The van der Waals surface area contributed by atoms with Crippen molar-refractivity contribution in [2.45, 2.75) is 12.5 Å². The van der Waals surface area contributed by atoms with E-state index in [0.717, 1.165) is 16.7 Å². The Morgan fingerprint density at radius 3 is 2.52 bits per heavy atom. The number of benzene rings is 2. The van der Waals surface area contributed by atoms with Crippen LogP contribution in [0.4, 0.5) is 5.69 Å². The third-order valence-electron chi connectivity index (χ3n) is 5.24. The van der Waals surface area contributed by atoms with Gasteiger partial charge in [0, 0.05) is 20.3 Å². The molecule has 0 saturated carbocycles. The SMILES string of the molecule is [C-]#[N+]c1cccc(-c2cccc(C3(C)N=C(N)N(C)C(=O)c4cn(C)nc43)c2)c1. The largest absolute Gasteiger partial charge is 0.369 e. The summed E-state index contributed by atoms with van der Waals surface area (Å²) in [7, 11) is 3.39. The number of aryl methyl sites for hydroxylation is 1. The molecule has 1 atom stereocenters. The van der Waals surface area contributed by atoms with Gasteiger partial charge in [0.2, 0.25) is 0 Å². The maximum Gasteiger partial charge on any atom is 0.263 e. The summed E-state index contributed by atoms with van der Waals surface area (Å²) in [6.45, 7) is 9.16. The number of hydrogen-bond donors (Lipinski definition) is 1. The zero-order chi connectivity index (χ0) is 20.8. The van der Waals surface area contributed by atoms with Crippen LogP contribution >= 0.6 is 0 Å². The van der Waals surface area contributed by atoms with Crippen molar-refractivity contribution >= 4 is 17.6 Å². The van der Waals surface area contributed by atoms with Crippen molar-refractivity contribution in [3.05, 3.63) is 83.0 Å². The number of aliphatic imine (C=N–C) groups is 1. The second-order valence-electron chi connectivity index (χ2n) is 7.21. The molecule has 1 unspecified atom stereocenters. The van der Waals surface area contributed by atoms with Gasteiger partial charge in [0.05, 0.1) is 12.1 Å². The molecule has 0 spiro atoms. The van der Waals surface area contributed by atoms with E-state index >= 15 is 0 Å². The van der Waals surface area contributed by atoms with Gasteiger partial charge in [-0.05, 0) is 35.7 Å². The smallest absolute Gasteiger partial charge is 0.263 e. The Labute approximate surface area is 168 Å². The van der Waals surface area contributed by atoms with Crippen LogP contribution in [0, 0.1) is 6.57 Å². The molecular formula is C22H20N6O. The molecule has 1 amide bonds. The van der Waals surface area contributed by atoms with Gasteiger partial charge >= 0.3 is 0 Å². The second-order valence-corrected chi connectivity index (χ2v) is 7.21. The van der Waals surface area contributed by atoms with E-state index < -0.39 is 5.54 Å². The van der Waals surface area contributed by atoms with Crippen LogP contribution in [0.3, 0.4) is 0 Å². The van der Waals surface area contributed by atoms with Crippen LogP contribution in [0.5, 0.6) is 0 Å². The highest BCUT2D eigenvalue weighted by Gasteiger charge is 2.40. The normalized spacial score (nSPS) is 18.6. The first-order chi connectivity index (χ1) is 13.8. The van der Waals surface area contributed by atoms with Gasteiger partial charge in [-0.25, -0.2) is 9.84 Å². The number of carbonyl (C=O) groups excluding carboxylic acids is 1. The van der Waals surface area contributed by atoms with E-state index in [4.69, 9.17) is 17.3 Å². The highest BCUT2D eigenvalue weighted by Crippen LogP contribution is 2.38. The highest BCUT2D eigenvalue weighted by molar-refractivity contribution is 6.07. The minimum atomic E-state index is -0.936. The van der Waals surface area contributed by atoms with E-state index in [-0.39, 0.29) is 11.9 Å². The molecular weight excluding hydrogens is 364 g/mol. The molecule has 3 aromatic rings. The average Bonchev–Trinajstić information content (AvgIpc) is 3.12. The minimum Gasteiger partial charge on any atom is -0.369 e. The Morgan fingerprint density at radius 2 is 1.79 bits per heavy atom. The van der Waals surface area contributed by atoms with Crippen molar-refractivity contribution in [3.63, 3.8) is 0 Å². The molecule has 1 aliphatic rings. The molecule has 144 valence electrons. The molecule has 0 bridgehead atoms. The van der Waals surface area contributed by atoms with Crippen LogP contribution < -0.4 is 5.73 Å². The van der Waals surface area contributed by atoms with Gasteiger partial charge in [0.25, 0.3) is 5.91 Å². The molecule has 4 rings (SSSR count). The number of hydrogen-bond acceptors (Lipinski definition) is 4. The molecule has 7 heteroatoms. The van der Waals surface area contributed by atoms with E-state index in [1.54, 1.807) is 31.0 Å². The van der Waals surface area contributed by atoms with Crippen LogP contribution in [0.2, 0.25) is 0 Å². The highest BCUT2D eigenvalue weighted by atomic mass is 16.2. The Balaban J connectivity index is 1.92. The van der Waals surface area contributed by atoms with Gasteiger partial charge in [-0.3, -0.25) is 14.4 Å². The van der Waals surface area contributed by atoms with Crippen LogP contribution in [-0.2, 0) is 12.6 Å². The molecule has 1 aromatic heterocycles. The van der Waals surface area contributed by atoms with E-state index in [2.05, 4.69) is 9.94 Å². The average molecular weight is 384 g/mol. The summed E-state index contributed by atoms with van der Waals surface area (Å²) in [5.74, 6) is -0.0995. The minimum absolute atomic E-state index is 0.138. The fourth-order valence-corrected chi connectivity index (χ4v) is 3.60. The Hall–Kier alpha value is -3.92. The maximum absolute atomic E-state index is 12.8. The lowest BCUT2D eigenvalue weighted by molar-refractivity contribution is 0.0870. The fraction of sp³-hybridized carbons (Fsp3) is 0.182. The van der Waals surface area contributed by atoms with E-state index in [9.17, 15) is 4.79 Å². The number of rotatable bonds is 2. The monoisotopic (exact) mass is 384 g/mol. The van der Waals surface area contributed by atoms with Gasteiger partial charge in [-0.15, -0.1) is 0 Å². The third kappa shape index (κ3) is 2.95. The summed E-state index contributed by atoms with van der Waals surface area (Å²) in [5, 5.41) is 4.56. The summed E-state index contributed by atoms with van der Waals surface area (Å²) >= 11 is 0. The molecule has 2 N–H and O–H groups in total. The zero-order valence-corrected chi connectivity index (χ0v) is 16.4. The summed E-state index contributed by atoms with van der Waals surface area (Å²) in [5.41, 5.74) is 9.55. The second kappa shape index (κ2) is 6.60. The standard InChI is InChI=1S/C22H20N6O/c1-22(19-18(13-27(3)26-19)20(29)28(4)21(23)25-22)16-9-5-7-14(11-16)15-8-6-10-17(12-15)24-2/h5-13H,1,3-4H3,(H2,23,25). The van der Waals surface area contributed by atoms with E-state index in [1.807, 2.05) is 49.4 Å². The van der Waals surface area contributed by atoms with Crippen molar-refractivity contribution in [2.24, 2.45) is 17.8 Å². The summed E-state index contributed by atoms with van der Waals surface area (Å²) < 4.78 is 1.62. The summed E-state index contributed by atoms with van der Waals surface area (Å²) in [6.07, 6.45) is 1.70. The molecule has 29 heavy (non-hydrogen) atoms. The van der Waals surface area contributed by atoms with E-state index in [0.29, 0.717) is 16.9 Å². The number of nitrogens with two attached hydrogens (primary N) is 1. The zero-order valence-electron chi connectivity index (χ0n) is 16.4. The van der Waals surface area contributed by atoms with Crippen molar-refractivity contribution < 1.29 is 4.79 Å². The topological polar surface area (TPSA) is 80.9 Å². The molecule has 2 aromatic carbocycles. The molecule has 2 heterocycles. The number of aromatic nitrogens is 2. The fourth-order valence-electron chi connectivity index (χ4n) is 3.60. The maximum atomic E-state index is 12.8. The van der Waals surface area contributed by atoms with Gasteiger partial charge in [-0.1, -0.05) is 36.4 Å². The number of fused-ring (bicyclic) bond motifs is 1. The van der Waals surface area contributed by atoms with Crippen molar-refractivity contribution in [1.82, 2.24) is 14.7 Å². The number of amides is 1. The van der Waals surface area contributed by atoms with Crippen molar-refractivity contribution in [3.8, 4) is 11.1 Å². The Kier molecular flexibility index (Phi) is 4.20. The van der Waals surface area contributed by atoms with Crippen LogP contribution in [0.25, 0.3) is 16.0 Å². The van der Waals surface area contributed by atoms with Crippen LogP contribution in [0.15, 0.2) is 59.7 Å². The number of carbonyl (C=O) groups is 1. The quantitative estimate of drug-likeness (QED) is 0.689. The Morgan fingerprint density at radius 1 is 1.10 bits per heavy atom. The first-order valence-electron chi connectivity index (χ1n) is 9.09. The van der Waals surface area contributed by atoms with Gasteiger partial charge in [-0.2, -0.15) is 5.10 Å². The van der Waals surface area contributed by atoms with Crippen molar-refractivity contribution in [1.29, 1.82) is 0 Å². The lowest BCUT2D eigenvalue weighted by Gasteiger charge is -2.25. The summed E-state index contributed by atoms with van der Waals surface area (Å²) in [6, 6.07) is 15.3. The number of guanidine groups is 1. The molecule has 0 fully saturated rings. The lowest BCUT2D eigenvalue weighted by atomic mass is 9.85. The van der Waals surface area contributed by atoms with Crippen molar-refractivity contribution in [2.75, 3.05) is 7.05 Å². The van der Waals surface area contributed by atoms with Gasteiger partial charge in [0.15, 0.2) is 11.6 Å². The predicted molar refractivity (Wildman–Crippen MR) is 112 cm³/mol. The summed E-state index contributed by atoms with van der Waals surface area (Å²) in [4.78, 5) is 22.4. The molecule has 0 aliphatic carbocycles. The molecule has 7 nitrogen and oxygen atoms in total. The van der Waals surface area contributed by atoms with Crippen LogP contribution in [0.1, 0.15) is 28.5 Å². The lowest BCUT2D eigenvalue weighted by Crippen LogP contribution is -2.38. The molecule has 1 aliphatic heterocycles. The first kappa shape index (κ1) is 18.4. The molecule has 0 saturated heterocycles. The Bertz CT molecular complexity index is 1200. The van der Waals surface area contributed by atoms with E-state index in [1.165, 1.54) is 4.90 Å². The molecule has 0 radical (unpaired) electrons. The first-order valence-corrected chi connectivity index (χ1v) is 9.09.